The molecule has 1 aromatic heterocycles. The molecule has 1 amide bonds. The monoisotopic (exact) mass is 416 g/mol. The number of benzene rings is 2. The SMILES string of the molecule is CCN1CCN(c2ccc(Nc3nccc(-c4ccc(CC(N)=O)cc4)n3)cc2)CC1. The van der Waals surface area contributed by atoms with Gasteiger partial charge in [-0.3, -0.25) is 4.79 Å². The number of carbonyl (C=O) groups is 1. The van der Waals surface area contributed by atoms with Gasteiger partial charge >= 0.3 is 0 Å². The van der Waals surface area contributed by atoms with E-state index in [1.54, 1.807) is 6.20 Å². The summed E-state index contributed by atoms with van der Waals surface area (Å²) in [7, 11) is 0. The number of piperazine rings is 1. The highest BCUT2D eigenvalue weighted by Gasteiger charge is 2.15. The molecule has 160 valence electrons. The Kier molecular flexibility index (Phi) is 6.43. The third-order valence-electron chi connectivity index (χ3n) is 5.59. The number of nitrogens with zero attached hydrogens (tertiary/aromatic N) is 4. The van der Waals surface area contributed by atoms with E-state index in [9.17, 15) is 4.79 Å². The second-order valence-electron chi connectivity index (χ2n) is 7.70. The maximum absolute atomic E-state index is 11.1. The van der Waals surface area contributed by atoms with Crippen LogP contribution in [0.25, 0.3) is 11.3 Å². The Morgan fingerprint density at radius 1 is 1.00 bits per heavy atom. The van der Waals surface area contributed by atoms with Gasteiger partial charge in [0.05, 0.1) is 12.1 Å². The van der Waals surface area contributed by atoms with E-state index in [-0.39, 0.29) is 12.3 Å². The summed E-state index contributed by atoms with van der Waals surface area (Å²) in [5.41, 5.74) is 10.1. The third-order valence-corrected chi connectivity index (χ3v) is 5.59. The summed E-state index contributed by atoms with van der Waals surface area (Å²) in [5.74, 6) is 0.207. The molecule has 3 N–H and O–H groups in total. The van der Waals surface area contributed by atoms with Gasteiger partial charge in [-0.05, 0) is 42.4 Å². The molecule has 0 radical (unpaired) electrons. The van der Waals surface area contributed by atoms with Crippen molar-refractivity contribution in [1.29, 1.82) is 0 Å². The average Bonchev–Trinajstić information content (AvgIpc) is 2.80. The lowest BCUT2D eigenvalue weighted by Crippen LogP contribution is -2.46. The number of hydrogen-bond acceptors (Lipinski definition) is 6. The van der Waals surface area contributed by atoms with Crippen LogP contribution in [0.5, 0.6) is 0 Å². The molecule has 31 heavy (non-hydrogen) atoms. The van der Waals surface area contributed by atoms with Crippen LogP contribution in [0, 0.1) is 0 Å². The van der Waals surface area contributed by atoms with Crippen LogP contribution >= 0.6 is 0 Å². The minimum absolute atomic E-state index is 0.237. The Balaban J connectivity index is 1.41. The lowest BCUT2D eigenvalue weighted by molar-refractivity contribution is -0.117. The van der Waals surface area contributed by atoms with E-state index in [2.05, 4.69) is 56.3 Å². The molecule has 0 bridgehead atoms. The zero-order chi connectivity index (χ0) is 21.6. The molecule has 1 saturated heterocycles. The van der Waals surface area contributed by atoms with Crippen molar-refractivity contribution in [3.05, 3.63) is 66.4 Å². The molecule has 2 aromatic carbocycles. The fourth-order valence-corrected chi connectivity index (χ4v) is 3.78. The number of hydrogen-bond donors (Lipinski definition) is 2. The first-order valence-corrected chi connectivity index (χ1v) is 10.7. The third kappa shape index (κ3) is 5.38. The molecule has 7 heteroatoms. The van der Waals surface area contributed by atoms with Gasteiger partial charge in [0, 0.05) is 49.3 Å². The number of primary amides is 1. The van der Waals surface area contributed by atoms with Crippen molar-refractivity contribution in [2.45, 2.75) is 13.3 Å². The van der Waals surface area contributed by atoms with Crippen molar-refractivity contribution >= 4 is 23.2 Å². The highest BCUT2D eigenvalue weighted by molar-refractivity contribution is 5.77. The molecule has 0 aliphatic carbocycles. The largest absolute Gasteiger partial charge is 0.369 e. The Hall–Kier alpha value is -3.45. The maximum Gasteiger partial charge on any atom is 0.227 e. The second kappa shape index (κ2) is 9.57. The highest BCUT2D eigenvalue weighted by Crippen LogP contribution is 2.23. The van der Waals surface area contributed by atoms with Gasteiger partial charge in [0.25, 0.3) is 0 Å². The summed E-state index contributed by atoms with van der Waals surface area (Å²) in [4.78, 5) is 24.9. The second-order valence-corrected chi connectivity index (χ2v) is 7.70. The molecular weight excluding hydrogens is 388 g/mol. The first-order valence-electron chi connectivity index (χ1n) is 10.7. The highest BCUT2D eigenvalue weighted by atomic mass is 16.1. The molecule has 0 spiro atoms. The lowest BCUT2D eigenvalue weighted by Gasteiger charge is -2.35. The normalized spacial score (nSPS) is 14.4. The summed E-state index contributed by atoms with van der Waals surface area (Å²) in [6.45, 7) is 7.68. The quantitative estimate of drug-likeness (QED) is 0.616. The number of nitrogens with one attached hydrogen (secondary N) is 1. The average molecular weight is 417 g/mol. The standard InChI is InChI=1S/C24H28N6O/c1-2-29-13-15-30(16-14-29)21-9-7-20(8-10-21)27-24-26-12-11-22(28-24)19-5-3-18(4-6-19)17-23(25)31/h3-12H,2,13-17H2,1H3,(H2,25,31)(H,26,27,28). The first-order chi connectivity index (χ1) is 15.1. The number of likely N-dealkylation sites (N-methyl/N-ethyl adjacent to an activating group) is 1. The Bertz CT molecular complexity index is 1010. The summed E-state index contributed by atoms with van der Waals surface area (Å²) in [6, 6.07) is 18.0. The van der Waals surface area contributed by atoms with Gasteiger partial charge in [0.2, 0.25) is 11.9 Å². The number of anilines is 3. The van der Waals surface area contributed by atoms with Crippen LogP contribution in [0.15, 0.2) is 60.8 Å². The van der Waals surface area contributed by atoms with Crippen molar-refractivity contribution in [2.75, 3.05) is 42.9 Å². The minimum atomic E-state index is -0.337. The van der Waals surface area contributed by atoms with Gasteiger partial charge in [0.15, 0.2) is 0 Å². The fraction of sp³-hybridized carbons (Fsp3) is 0.292. The number of nitrogens with two attached hydrogens (primary N) is 1. The molecule has 1 aliphatic rings. The molecular formula is C24H28N6O. The van der Waals surface area contributed by atoms with Crippen LogP contribution in [0.3, 0.4) is 0 Å². The Labute approximate surface area is 182 Å². The fourth-order valence-electron chi connectivity index (χ4n) is 3.78. The van der Waals surface area contributed by atoms with E-state index in [1.165, 1.54) is 5.69 Å². The zero-order valence-electron chi connectivity index (χ0n) is 17.8. The first kappa shape index (κ1) is 20.8. The summed E-state index contributed by atoms with van der Waals surface area (Å²) in [5, 5.41) is 3.29. The molecule has 1 aliphatic heterocycles. The van der Waals surface area contributed by atoms with E-state index in [0.29, 0.717) is 5.95 Å². The van der Waals surface area contributed by atoms with Gasteiger partial charge in [-0.15, -0.1) is 0 Å². The van der Waals surface area contributed by atoms with Crippen LogP contribution < -0.4 is 16.0 Å². The van der Waals surface area contributed by atoms with E-state index >= 15 is 0 Å². The Morgan fingerprint density at radius 2 is 1.71 bits per heavy atom. The maximum atomic E-state index is 11.1. The van der Waals surface area contributed by atoms with Crippen molar-refractivity contribution in [3.8, 4) is 11.3 Å². The zero-order valence-corrected chi connectivity index (χ0v) is 17.8. The predicted molar refractivity (Wildman–Crippen MR) is 124 cm³/mol. The molecule has 2 heterocycles. The molecule has 7 nitrogen and oxygen atoms in total. The van der Waals surface area contributed by atoms with Crippen molar-refractivity contribution < 1.29 is 4.79 Å². The van der Waals surface area contributed by atoms with E-state index in [0.717, 1.165) is 55.2 Å². The van der Waals surface area contributed by atoms with E-state index in [1.807, 2.05) is 30.3 Å². The van der Waals surface area contributed by atoms with Crippen LogP contribution in [0.2, 0.25) is 0 Å². The van der Waals surface area contributed by atoms with Crippen LogP contribution in [-0.2, 0) is 11.2 Å². The number of aromatic nitrogens is 2. The van der Waals surface area contributed by atoms with Crippen LogP contribution in [-0.4, -0.2) is 53.5 Å². The minimum Gasteiger partial charge on any atom is -0.369 e. The Morgan fingerprint density at radius 3 is 2.35 bits per heavy atom. The molecule has 4 rings (SSSR count). The number of rotatable bonds is 7. The van der Waals surface area contributed by atoms with Gasteiger partial charge in [-0.1, -0.05) is 31.2 Å². The number of amides is 1. The van der Waals surface area contributed by atoms with Gasteiger partial charge in [0.1, 0.15) is 0 Å². The molecule has 0 atom stereocenters. The molecule has 3 aromatic rings. The van der Waals surface area contributed by atoms with Crippen molar-refractivity contribution in [1.82, 2.24) is 14.9 Å². The summed E-state index contributed by atoms with van der Waals surface area (Å²) < 4.78 is 0. The molecule has 1 fully saturated rings. The van der Waals surface area contributed by atoms with Gasteiger partial charge in [-0.25, -0.2) is 9.97 Å². The lowest BCUT2D eigenvalue weighted by atomic mass is 10.1. The molecule has 0 unspecified atom stereocenters. The van der Waals surface area contributed by atoms with Crippen molar-refractivity contribution in [2.24, 2.45) is 5.73 Å². The van der Waals surface area contributed by atoms with Crippen LogP contribution in [0.1, 0.15) is 12.5 Å². The van der Waals surface area contributed by atoms with Crippen molar-refractivity contribution in [3.63, 3.8) is 0 Å². The topological polar surface area (TPSA) is 87.4 Å². The number of carbonyl (C=O) groups excluding carboxylic acids is 1. The van der Waals surface area contributed by atoms with Gasteiger partial charge in [-0.2, -0.15) is 0 Å². The van der Waals surface area contributed by atoms with E-state index in [4.69, 9.17) is 5.73 Å². The summed E-state index contributed by atoms with van der Waals surface area (Å²) in [6.07, 6.45) is 1.98. The predicted octanol–water partition coefficient (Wildman–Crippen LogP) is 3.06. The smallest absolute Gasteiger partial charge is 0.227 e. The summed E-state index contributed by atoms with van der Waals surface area (Å²) >= 11 is 0. The van der Waals surface area contributed by atoms with Gasteiger partial charge < -0.3 is 20.9 Å². The molecule has 0 saturated carbocycles. The van der Waals surface area contributed by atoms with Crippen LogP contribution in [0.4, 0.5) is 17.3 Å². The van der Waals surface area contributed by atoms with E-state index < -0.39 is 0 Å².